The van der Waals surface area contributed by atoms with Crippen molar-refractivity contribution in [2.24, 2.45) is 7.05 Å². The Bertz CT molecular complexity index is 1900. The van der Waals surface area contributed by atoms with E-state index in [2.05, 4.69) is 4.98 Å². The fourth-order valence-corrected chi connectivity index (χ4v) is 5.08. The molecular weight excluding hydrogens is 392 g/mol. The van der Waals surface area contributed by atoms with Gasteiger partial charge in [-0.3, -0.25) is 4.98 Å². The topological polar surface area (TPSA) is 29.9 Å². The largest absolute Gasteiger partial charge is 0.455 e. The van der Waals surface area contributed by atoms with Crippen LogP contribution in [0, 0.1) is 20.6 Å². The third-order valence-electron chi connectivity index (χ3n) is 6.62. The monoisotopic (exact) mass is 428 g/mol. The standard InChI is InChI=1S/C29H27N2O/c1-16-9-10-20-21-12-11-19-22-8-7-13-30-28(22)29(4,5)25(19)27(21)32-26(20)24(16)23-14-17(2)18(3)15-31(23)6/h7-15H,1-6H3/q+1/i2D3,3D3,4D3. The quantitative estimate of drug-likeness (QED) is 0.278. The number of hydrogen-bond acceptors (Lipinski definition) is 2. The van der Waals surface area contributed by atoms with E-state index >= 15 is 0 Å². The summed E-state index contributed by atoms with van der Waals surface area (Å²) in [5.74, 6) is 0. The second kappa shape index (κ2) is 6.29. The van der Waals surface area contributed by atoms with E-state index in [1.165, 1.54) is 12.3 Å². The zero-order valence-electron chi connectivity index (χ0n) is 27.0. The van der Waals surface area contributed by atoms with Crippen molar-refractivity contribution < 1.29 is 21.3 Å². The van der Waals surface area contributed by atoms with Crippen LogP contribution in [0.1, 0.15) is 54.1 Å². The van der Waals surface area contributed by atoms with Gasteiger partial charge in [0.05, 0.1) is 11.3 Å². The Kier molecular flexibility index (Phi) is 2.35. The first kappa shape index (κ1) is 12.0. The summed E-state index contributed by atoms with van der Waals surface area (Å²) >= 11 is 0. The van der Waals surface area contributed by atoms with Crippen molar-refractivity contribution in [3.05, 3.63) is 82.8 Å². The normalized spacial score (nSPS) is 22.5. The average Bonchev–Trinajstić information content (AvgIpc) is 3.37. The second-order valence-electron chi connectivity index (χ2n) is 8.72. The van der Waals surface area contributed by atoms with Gasteiger partial charge in [-0.2, -0.15) is 0 Å². The number of rotatable bonds is 1. The Labute approximate surface area is 201 Å². The van der Waals surface area contributed by atoms with Crippen molar-refractivity contribution in [3.8, 4) is 22.4 Å². The number of nitrogens with zero attached hydrogens (tertiary/aromatic N) is 2. The SMILES string of the molecule is [2H]C([2H])([2H])c1cc(-c2c(C)ccc3c2oc2c4c(ccc23)-c2cccnc2C4(C)C([2H])([2H])[2H])[n+](C)cc1C([2H])([2H])[2H]. The first-order valence-corrected chi connectivity index (χ1v) is 10.5. The average molecular weight is 429 g/mol. The summed E-state index contributed by atoms with van der Waals surface area (Å²) in [4.78, 5) is 4.50. The summed E-state index contributed by atoms with van der Waals surface area (Å²) in [6.45, 7) is -4.18. The maximum absolute atomic E-state index is 8.54. The van der Waals surface area contributed by atoms with Gasteiger partial charge in [-0.1, -0.05) is 24.3 Å². The number of fused-ring (bicyclic) bond motifs is 7. The Morgan fingerprint density at radius 1 is 0.969 bits per heavy atom. The first-order valence-electron chi connectivity index (χ1n) is 15.0. The molecule has 0 N–H and O–H groups in total. The number of pyridine rings is 2. The summed E-state index contributed by atoms with van der Waals surface area (Å²) < 4.78 is 81.8. The molecule has 0 saturated carbocycles. The lowest BCUT2D eigenvalue weighted by Gasteiger charge is -2.20. The molecule has 0 fully saturated rings. The van der Waals surface area contributed by atoms with Gasteiger partial charge in [0.1, 0.15) is 18.2 Å². The lowest BCUT2D eigenvalue weighted by Crippen LogP contribution is -2.31. The Morgan fingerprint density at radius 2 is 1.78 bits per heavy atom. The Hall–Kier alpha value is -3.46. The Balaban J connectivity index is 1.72. The summed E-state index contributed by atoms with van der Waals surface area (Å²) in [5, 5.41) is 1.46. The zero-order valence-corrected chi connectivity index (χ0v) is 18.0. The molecule has 0 amide bonds. The first-order chi connectivity index (χ1) is 19.0. The molecule has 0 bridgehead atoms. The van der Waals surface area contributed by atoms with Crippen molar-refractivity contribution in [1.82, 2.24) is 4.98 Å². The van der Waals surface area contributed by atoms with E-state index in [0.717, 1.165) is 27.5 Å². The minimum Gasteiger partial charge on any atom is -0.455 e. The van der Waals surface area contributed by atoms with Gasteiger partial charge in [0.2, 0.25) is 5.69 Å². The molecule has 3 aromatic heterocycles. The highest BCUT2D eigenvalue weighted by molar-refractivity contribution is 6.12. The molecule has 158 valence electrons. The molecule has 3 heterocycles. The number of hydrogen-bond donors (Lipinski definition) is 0. The van der Waals surface area contributed by atoms with Crippen molar-refractivity contribution in [2.75, 3.05) is 0 Å². The molecule has 0 spiro atoms. The van der Waals surface area contributed by atoms with E-state index in [1.54, 1.807) is 30.8 Å². The predicted octanol–water partition coefficient (Wildman–Crippen LogP) is 6.70. The van der Waals surface area contributed by atoms with Gasteiger partial charge in [0.15, 0.2) is 6.20 Å². The smallest absolute Gasteiger partial charge is 0.216 e. The molecule has 3 heteroatoms. The fourth-order valence-electron chi connectivity index (χ4n) is 5.08. The maximum atomic E-state index is 8.54. The maximum Gasteiger partial charge on any atom is 0.216 e. The van der Waals surface area contributed by atoms with Crippen LogP contribution in [0.25, 0.3) is 44.3 Å². The van der Waals surface area contributed by atoms with Gasteiger partial charge < -0.3 is 4.42 Å². The number of benzene rings is 2. The van der Waals surface area contributed by atoms with Crippen LogP contribution in [0.2, 0.25) is 0 Å². The molecule has 0 aliphatic heterocycles. The van der Waals surface area contributed by atoms with Gasteiger partial charge >= 0.3 is 0 Å². The molecular formula is C29H27N2O+. The lowest BCUT2D eigenvalue weighted by atomic mass is 9.84. The molecule has 1 aliphatic rings. The third kappa shape index (κ3) is 2.37. The molecule has 2 aromatic carbocycles. The molecule has 0 saturated heterocycles. The van der Waals surface area contributed by atoms with Crippen LogP contribution in [-0.2, 0) is 12.5 Å². The number of aryl methyl sites for hydroxylation is 4. The summed E-state index contributed by atoms with van der Waals surface area (Å²) in [5.41, 5.74) is 3.30. The summed E-state index contributed by atoms with van der Waals surface area (Å²) in [6.07, 6.45) is 2.94. The lowest BCUT2D eigenvalue weighted by molar-refractivity contribution is -0.660. The van der Waals surface area contributed by atoms with Crippen LogP contribution in [0.5, 0.6) is 0 Å². The molecule has 0 radical (unpaired) electrons. The van der Waals surface area contributed by atoms with Crippen LogP contribution in [0.3, 0.4) is 0 Å². The van der Waals surface area contributed by atoms with Crippen molar-refractivity contribution in [2.45, 2.75) is 39.8 Å². The minimum atomic E-state index is -2.66. The van der Waals surface area contributed by atoms with E-state index in [-0.39, 0.29) is 11.1 Å². The van der Waals surface area contributed by atoms with Gasteiger partial charge in [-0.25, -0.2) is 4.57 Å². The molecule has 5 aromatic rings. The van der Waals surface area contributed by atoms with Crippen molar-refractivity contribution in [1.29, 1.82) is 0 Å². The highest BCUT2D eigenvalue weighted by atomic mass is 16.3. The number of aromatic nitrogens is 2. The summed E-state index contributed by atoms with van der Waals surface area (Å²) in [7, 11) is 1.67. The van der Waals surface area contributed by atoms with Crippen LogP contribution >= 0.6 is 0 Å². The molecule has 1 aliphatic carbocycles. The molecule has 32 heavy (non-hydrogen) atoms. The Morgan fingerprint density at radius 3 is 2.59 bits per heavy atom. The van der Waals surface area contributed by atoms with Gasteiger partial charge in [-0.05, 0) is 63.2 Å². The van der Waals surface area contributed by atoms with Gasteiger partial charge in [-0.15, -0.1) is 0 Å². The van der Waals surface area contributed by atoms with Crippen LogP contribution in [0.4, 0.5) is 0 Å². The van der Waals surface area contributed by atoms with E-state index in [1.807, 2.05) is 37.3 Å². The highest BCUT2D eigenvalue weighted by Crippen LogP contribution is 2.52. The van der Waals surface area contributed by atoms with E-state index in [4.69, 9.17) is 16.8 Å². The van der Waals surface area contributed by atoms with E-state index < -0.39 is 26.0 Å². The fraction of sp³-hybridized carbons (Fsp3) is 0.241. The predicted molar refractivity (Wildman–Crippen MR) is 130 cm³/mol. The van der Waals surface area contributed by atoms with Gasteiger partial charge in [0.25, 0.3) is 0 Å². The van der Waals surface area contributed by atoms with Crippen LogP contribution < -0.4 is 4.57 Å². The molecule has 6 rings (SSSR count). The van der Waals surface area contributed by atoms with E-state index in [9.17, 15) is 0 Å². The molecule has 1 atom stereocenters. The molecule has 1 unspecified atom stereocenters. The van der Waals surface area contributed by atoms with Crippen LogP contribution in [0.15, 0.2) is 59.3 Å². The minimum absolute atomic E-state index is 0.241. The number of furan rings is 1. The van der Waals surface area contributed by atoms with E-state index in [0.29, 0.717) is 33.7 Å². The molecule has 3 nitrogen and oxygen atoms in total. The summed E-state index contributed by atoms with van der Waals surface area (Å²) in [6, 6.07) is 12.7. The second-order valence-corrected chi connectivity index (χ2v) is 8.72. The van der Waals surface area contributed by atoms with Crippen molar-refractivity contribution >= 4 is 21.9 Å². The van der Waals surface area contributed by atoms with Crippen LogP contribution in [-0.4, -0.2) is 4.98 Å². The zero-order chi connectivity index (χ0) is 29.9. The highest BCUT2D eigenvalue weighted by Gasteiger charge is 2.40. The van der Waals surface area contributed by atoms with Crippen molar-refractivity contribution in [3.63, 3.8) is 0 Å². The third-order valence-corrected chi connectivity index (χ3v) is 6.62. The van der Waals surface area contributed by atoms with Gasteiger partial charge in [0, 0.05) is 57.5 Å².